The molecule has 1 heterocycles. The van der Waals surface area contributed by atoms with Crippen LogP contribution in [0.4, 0.5) is 6.01 Å². The van der Waals surface area contributed by atoms with Crippen molar-refractivity contribution < 1.29 is 4.52 Å². The maximum atomic E-state index is 5.06. The van der Waals surface area contributed by atoms with Crippen LogP contribution in [0.1, 0.15) is 19.2 Å². The van der Waals surface area contributed by atoms with Crippen molar-refractivity contribution in [2.45, 2.75) is 19.1 Å². The average Bonchev–Trinajstić information content (AvgIpc) is 2.53. The van der Waals surface area contributed by atoms with Crippen LogP contribution in [-0.2, 0) is 5.75 Å². The number of hydrogen-bond donors (Lipinski definition) is 2. The van der Waals surface area contributed by atoms with Crippen LogP contribution >= 0.6 is 11.8 Å². The Labute approximate surface area is 75.1 Å². The molecular weight excluding hydrogens is 176 g/mol. The standard InChI is InChI=1S/C6H12N4OS/c1-2-3-12-4-5-8-6(9-7)11-10-5/h2-4,7H2,1H3,(H,8,9,10). The molecule has 1 rings (SSSR count). The average molecular weight is 188 g/mol. The summed E-state index contributed by atoms with van der Waals surface area (Å²) in [6.45, 7) is 2.14. The molecule has 0 amide bonds. The van der Waals surface area contributed by atoms with E-state index < -0.39 is 0 Å². The molecule has 3 N–H and O–H groups in total. The highest BCUT2D eigenvalue weighted by Crippen LogP contribution is 2.11. The molecule has 0 spiro atoms. The quantitative estimate of drug-likeness (QED) is 0.408. The highest BCUT2D eigenvalue weighted by atomic mass is 32.2. The minimum atomic E-state index is 0.266. The summed E-state index contributed by atoms with van der Waals surface area (Å²) in [5, 5.41) is 3.71. The Bertz CT molecular complexity index is 227. The van der Waals surface area contributed by atoms with E-state index in [2.05, 4.69) is 22.5 Å². The van der Waals surface area contributed by atoms with E-state index in [4.69, 9.17) is 10.4 Å². The van der Waals surface area contributed by atoms with Gasteiger partial charge in [-0.05, 0) is 12.2 Å². The maximum Gasteiger partial charge on any atom is 0.335 e. The second-order valence-electron chi connectivity index (χ2n) is 2.21. The molecule has 12 heavy (non-hydrogen) atoms. The van der Waals surface area contributed by atoms with Gasteiger partial charge in [-0.25, -0.2) is 5.84 Å². The van der Waals surface area contributed by atoms with Crippen molar-refractivity contribution in [3.05, 3.63) is 5.82 Å². The summed E-state index contributed by atoms with van der Waals surface area (Å²) in [5.41, 5.74) is 2.29. The summed E-state index contributed by atoms with van der Waals surface area (Å²) in [7, 11) is 0. The summed E-state index contributed by atoms with van der Waals surface area (Å²) in [6, 6.07) is 0.266. The second kappa shape index (κ2) is 5.00. The minimum Gasteiger partial charge on any atom is -0.314 e. The van der Waals surface area contributed by atoms with Gasteiger partial charge >= 0.3 is 6.01 Å². The van der Waals surface area contributed by atoms with Crippen molar-refractivity contribution in [3.63, 3.8) is 0 Å². The van der Waals surface area contributed by atoms with Crippen LogP contribution in [-0.4, -0.2) is 15.9 Å². The highest BCUT2D eigenvalue weighted by molar-refractivity contribution is 7.98. The third kappa shape index (κ3) is 2.71. The number of nitrogen functional groups attached to an aromatic ring is 1. The molecule has 0 aliphatic heterocycles. The number of hydrazine groups is 1. The highest BCUT2D eigenvalue weighted by Gasteiger charge is 2.02. The lowest BCUT2D eigenvalue weighted by Gasteiger charge is -1.91. The largest absolute Gasteiger partial charge is 0.335 e. The fourth-order valence-electron chi connectivity index (χ4n) is 0.679. The fourth-order valence-corrected chi connectivity index (χ4v) is 1.41. The number of aromatic nitrogens is 2. The van der Waals surface area contributed by atoms with E-state index in [0.717, 1.165) is 17.9 Å². The van der Waals surface area contributed by atoms with Gasteiger partial charge in [0.25, 0.3) is 0 Å². The molecule has 1 aromatic rings. The molecule has 0 aromatic carbocycles. The summed E-state index contributed by atoms with van der Waals surface area (Å²) in [4.78, 5) is 3.97. The van der Waals surface area contributed by atoms with E-state index in [-0.39, 0.29) is 6.01 Å². The van der Waals surface area contributed by atoms with Gasteiger partial charge in [0.15, 0.2) is 5.82 Å². The Morgan fingerprint density at radius 2 is 2.50 bits per heavy atom. The van der Waals surface area contributed by atoms with Gasteiger partial charge in [-0.1, -0.05) is 12.1 Å². The Hall–Kier alpha value is -0.750. The van der Waals surface area contributed by atoms with Crippen molar-refractivity contribution in [2.24, 2.45) is 5.84 Å². The number of nitrogens with two attached hydrogens (primary N) is 1. The lowest BCUT2D eigenvalue weighted by molar-refractivity contribution is 0.425. The van der Waals surface area contributed by atoms with Crippen molar-refractivity contribution in [1.82, 2.24) is 10.1 Å². The zero-order valence-electron chi connectivity index (χ0n) is 6.91. The first kappa shape index (κ1) is 9.34. The zero-order valence-corrected chi connectivity index (χ0v) is 7.73. The topological polar surface area (TPSA) is 77.0 Å². The van der Waals surface area contributed by atoms with Gasteiger partial charge in [-0.15, -0.1) is 0 Å². The number of nitrogens with one attached hydrogen (secondary N) is 1. The first-order valence-corrected chi connectivity index (χ1v) is 4.89. The molecule has 0 aliphatic carbocycles. The summed E-state index contributed by atoms with van der Waals surface area (Å²) in [5.74, 6) is 7.63. The van der Waals surface area contributed by atoms with Gasteiger partial charge in [-0.3, -0.25) is 5.43 Å². The van der Waals surface area contributed by atoms with E-state index in [0.29, 0.717) is 5.82 Å². The molecule has 0 bridgehead atoms. The van der Waals surface area contributed by atoms with Crippen molar-refractivity contribution in [1.29, 1.82) is 0 Å². The Kier molecular flexibility index (Phi) is 3.89. The van der Waals surface area contributed by atoms with E-state index in [9.17, 15) is 0 Å². The lowest BCUT2D eigenvalue weighted by Crippen LogP contribution is -2.06. The van der Waals surface area contributed by atoms with Crippen molar-refractivity contribution in [2.75, 3.05) is 11.2 Å². The van der Waals surface area contributed by atoms with Crippen LogP contribution in [0.5, 0.6) is 0 Å². The van der Waals surface area contributed by atoms with E-state index >= 15 is 0 Å². The number of rotatable bonds is 5. The number of hydrogen-bond acceptors (Lipinski definition) is 6. The number of anilines is 1. The smallest absolute Gasteiger partial charge is 0.314 e. The van der Waals surface area contributed by atoms with Gasteiger partial charge in [0, 0.05) is 0 Å². The SMILES string of the molecule is CCCSCc1noc(NN)n1. The van der Waals surface area contributed by atoms with Gasteiger partial charge in [0.05, 0.1) is 5.75 Å². The molecule has 5 nitrogen and oxygen atoms in total. The first-order valence-electron chi connectivity index (χ1n) is 3.73. The molecule has 0 radical (unpaired) electrons. The number of nitrogens with zero attached hydrogens (tertiary/aromatic N) is 2. The van der Waals surface area contributed by atoms with Crippen molar-refractivity contribution in [3.8, 4) is 0 Å². The fraction of sp³-hybridized carbons (Fsp3) is 0.667. The van der Waals surface area contributed by atoms with Crippen LogP contribution in [0.25, 0.3) is 0 Å². The van der Waals surface area contributed by atoms with E-state index in [1.807, 2.05) is 0 Å². The molecular formula is C6H12N4OS. The van der Waals surface area contributed by atoms with Crippen LogP contribution in [0.2, 0.25) is 0 Å². The predicted octanol–water partition coefficient (Wildman–Crippen LogP) is 0.998. The normalized spacial score (nSPS) is 10.2. The molecule has 0 atom stereocenters. The van der Waals surface area contributed by atoms with Crippen LogP contribution in [0.15, 0.2) is 4.52 Å². The van der Waals surface area contributed by atoms with Crippen LogP contribution in [0, 0.1) is 0 Å². The molecule has 68 valence electrons. The molecule has 0 saturated heterocycles. The number of thioether (sulfide) groups is 1. The molecule has 0 fully saturated rings. The Balaban J connectivity index is 2.31. The first-order chi connectivity index (χ1) is 5.86. The third-order valence-corrected chi connectivity index (χ3v) is 2.33. The van der Waals surface area contributed by atoms with Gasteiger partial charge in [0.1, 0.15) is 0 Å². The maximum absolute atomic E-state index is 5.06. The molecule has 6 heteroatoms. The minimum absolute atomic E-state index is 0.266. The third-order valence-electron chi connectivity index (χ3n) is 1.17. The van der Waals surface area contributed by atoms with Gasteiger partial charge in [-0.2, -0.15) is 16.7 Å². The van der Waals surface area contributed by atoms with Gasteiger partial charge in [0.2, 0.25) is 0 Å². The second-order valence-corrected chi connectivity index (χ2v) is 3.32. The predicted molar refractivity (Wildman–Crippen MR) is 48.6 cm³/mol. The summed E-state index contributed by atoms with van der Waals surface area (Å²) in [6.07, 6.45) is 1.16. The van der Waals surface area contributed by atoms with Gasteiger partial charge < -0.3 is 4.52 Å². The van der Waals surface area contributed by atoms with Crippen LogP contribution < -0.4 is 11.3 Å². The molecule has 1 aromatic heterocycles. The summed E-state index contributed by atoms with van der Waals surface area (Å²) >= 11 is 1.78. The van der Waals surface area contributed by atoms with Crippen molar-refractivity contribution >= 4 is 17.8 Å². The monoisotopic (exact) mass is 188 g/mol. The Morgan fingerprint density at radius 1 is 1.67 bits per heavy atom. The zero-order chi connectivity index (χ0) is 8.81. The van der Waals surface area contributed by atoms with Crippen LogP contribution in [0.3, 0.4) is 0 Å². The molecule has 0 unspecified atom stereocenters. The molecule has 0 aliphatic rings. The lowest BCUT2D eigenvalue weighted by atomic mass is 10.6. The summed E-state index contributed by atoms with van der Waals surface area (Å²) < 4.78 is 4.73. The van der Waals surface area contributed by atoms with E-state index in [1.54, 1.807) is 11.8 Å². The van der Waals surface area contributed by atoms with E-state index in [1.165, 1.54) is 0 Å². The molecule has 0 saturated carbocycles. The Morgan fingerprint density at radius 3 is 3.08 bits per heavy atom.